The number of piperidine rings is 1. The van der Waals surface area contributed by atoms with Crippen LogP contribution in [0.25, 0.3) is 0 Å². The molecule has 0 aromatic heterocycles. The molecule has 1 atom stereocenters. The Kier molecular flexibility index (Phi) is 4.55. The summed E-state index contributed by atoms with van der Waals surface area (Å²) in [5, 5.41) is 8.86. The van der Waals surface area contributed by atoms with Crippen molar-refractivity contribution in [3.8, 4) is 0 Å². The number of rotatable bonds is 4. The van der Waals surface area contributed by atoms with Crippen LogP contribution >= 0.6 is 0 Å². The first kappa shape index (κ1) is 16.5. The zero-order valence-electron chi connectivity index (χ0n) is 13.8. The first-order valence-corrected chi connectivity index (χ1v) is 8.40. The zero-order chi connectivity index (χ0) is 17.2. The van der Waals surface area contributed by atoms with Gasteiger partial charge in [-0.15, -0.1) is 0 Å². The highest BCUT2D eigenvalue weighted by Gasteiger charge is 2.47. The molecule has 3 N–H and O–H groups in total. The second-order valence-electron chi connectivity index (χ2n) is 6.78. The van der Waals surface area contributed by atoms with Crippen LogP contribution in [0.4, 0.5) is 0 Å². The van der Waals surface area contributed by atoms with E-state index in [9.17, 15) is 14.4 Å². The second-order valence-corrected chi connectivity index (χ2v) is 6.78. The summed E-state index contributed by atoms with van der Waals surface area (Å²) in [4.78, 5) is 35.2. The van der Waals surface area contributed by atoms with Gasteiger partial charge >= 0.3 is 0 Å². The highest BCUT2D eigenvalue weighted by atomic mass is 16.2. The topological polar surface area (TPSA) is 87.3 Å². The Morgan fingerprint density at radius 2 is 1.92 bits per heavy atom. The minimum Gasteiger partial charge on any atom is -0.355 e. The van der Waals surface area contributed by atoms with E-state index in [1.165, 1.54) is 6.92 Å². The van der Waals surface area contributed by atoms with Crippen LogP contribution in [0.5, 0.6) is 0 Å². The predicted octanol–water partition coefficient (Wildman–Crippen LogP) is 0.823. The molecule has 3 rings (SSSR count). The van der Waals surface area contributed by atoms with Crippen molar-refractivity contribution in [2.75, 3.05) is 6.54 Å². The molecule has 6 nitrogen and oxygen atoms in total. The van der Waals surface area contributed by atoms with Crippen molar-refractivity contribution >= 4 is 17.7 Å². The van der Waals surface area contributed by atoms with Gasteiger partial charge in [-0.3, -0.25) is 14.4 Å². The SMILES string of the molecule is CC(=O)NC1CC(NC(=O)[C@H]2CCC(=O)NC2)(c2ccccc2)C1. The third-order valence-corrected chi connectivity index (χ3v) is 4.92. The average molecular weight is 329 g/mol. The lowest BCUT2D eigenvalue weighted by Crippen LogP contribution is -2.62. The Balaban J connectivity index is 1.71. The summed E-state index contributed by atoms with van der Waals surface area (Å²) in [6.45, 7) is 1.90. The number of hydrogen-bond acceptors (Lipinski definition) is 3. The molecule has 24 heavy (non-hydrogen) atoms. The zero-order valence-corrected chi connectivity index (χ0v) is 13.8. The summed E-state index contributed by atoms with van der Waals surface area (Å²) in [6, 6.07) is 9.94. The molecule has 2 fully saturated rings. The van der Waals surface area contributed by atoms with Crippen LogP contribution in [0.1, 0.15) is 38.2 Å². The lowest BCUT2D eigenvalue weighted by Gasteiger charge is -2.49. The fourth-order valence-corrected chi connectivity index (χ4v) is 3.63. The van der Waals surface area contributed by atoms with Crippen molar-refractivity contribution in [2.45, 2.75) is 44.2 Å². The standard InChI is InChI=1S/C18H23N3O3/c1-12(22)20-15-9-18(10-15,14-5-3-2-4-6-14)21-17(24)13-7-8-16(23)19-11-13/h2-6,13,15H,7-11H2,1H3,(H,19,23)(H,20,22)(H,21,24)/t13-,15?,18?/m0/s1. The third-order valence-electron chi connectivity index (χ3n) is 4.92. The summed E-state index contributed by atoms with van der Waals surface area (Å²) in [7, 11) is 0. The summed E-state index contributed by atoms with van der Waals surface area (Å²) in [5.41, 5.74) is 0.618. The summed E-state index contributed by atoms with van der Waals surface area (Å²) < 4.78 is 0. The number of carbonyl (C=O) groups excluding carboxylic acids is 3. The van der Waals surface area contributed by atoms with Crippen molar-refractivity contribution in [2.24, 2.45) is 5.92 Å². The fraction of sp³-hybridized carbons (Fsp3) is 0.500. The molecule has 3 amide bonds. The average Bonchev–Trinajstić information content (AvgIpc) is 2.53. The highest BCUT2D eigenvalue weighted by Crippen LogP contribution is 2.42. The molecular weight excluding hydrogens is 306 g/mol. The second kappa shape index (κ2) is 6.63. The van der Waals surface area contributed by atoms with Gasteiger partial charge in [-0.25, -0.2) is 0 Å². The van der Waals surface area contributed by atoms with Gasteiger partial charge in [0, 0.05) is 25.9 Å². The van der Waals surface area contributed by atoms with Crippen LogP contribution in [0, 0.1) is 5.92 Å². The predicted molar refractivity (Wildman–Crippen MR) is 88.8 cm³/mol. The molecule has 1 saturated carbocycles. The lowest BCUT2D eigenvalue weighted by atomic mass is 9.68. The lowest BCUT2D eigenvalue weighted by molar-refractivity contribution is -0.131. The van der Waals surface area contributed by atoms with Gasteiger partial charge in [0.05, 0.1) is 11.5 Å². The van der Waals surface area contributed by atoms with Crippen molar-refractivity contribution in [3.05, 3.63) is 35.9 Å². The molecule has 6 heteroatoms. The molecule has 0 radical (unpaired) electrons. The van der Waals surface area contributed by atoms with Gasteiger partial charge in [-0.1, -0.05) is 30.3 Å². The van der Waals surface area contributed by atoms with Gasteiger partial charge in [0.15, 0.2) is 0 Å². The first-order chi connectivity index (χ1) is 11.5. The normalized spacial score (nSPS) is 29.1. The van der Waals surface area contributed by atoms with E-state index in [1.807, 2.05) is 30.3 Å². The van der Waals surface area contributed by atoms with E-state index >= 15 is 0 Å². The molecule has 1 heterocycles. The summed E-state index contributed by atoms with van der Waals surface area (Å²) >= 11 is 0. The Hall–Kier alpha value is -2.37. The Morgan fingerprint density at radius 1 is 1.21 bits per heavy atom. The minimum atomic E-state index is -0.438. The number of benzene rings is 1. The molecule has 1 saturated heterocycles. The van der Waals surface area contributed by atoms with E-state index in [1.54, 1.807) is 0 Å². The van der Waals surface area contributed by atoms with Gasteiger partial charge in [0.1, 0.15) is 0 Å². The molecule has 0 unspecified atom stereocenters. The summed E-state index contributed by atoms with van der Waals surface area (Å²) in [5.74, 6) is -0.266. The summed E-state index contributed by atoms with van der Waals surface area (Å²) in [6.07, 6.45) is 2.34. The van der Waals surface area contributed by atoms with Crippen LogP contribution in [0.3, 0.4) is 0 Å². The van der Waals surface area contributed by atoms with Crippen LogP contribution in [0.15, 0.2) is 30.3 Å². The Morgan fingerprint density at radius 3 is 2.50 bits per heavy atom. The van der Waals surface area contributed by atoms with E-state index in [-0.39, 0.29) is 29.7 Å². The van der Waals surface area contributed by atoms with Gasteiger partial charge in [-0.2, -0.15) is 0 Å². The van der Waals surface area contributed by atoms with Gasteiger partial charge in [0.25, 0.3) is 0 Å². The number of hydrogen-bond donors (Lipinski definition) is 3. The first-order valence-electron chi connectivity index (χ1n) is 8.40. The molecule has 1 aromatic rings. The number of amides is 3. The molecule has 1 aliphatic heterocycles. The van der Waals surface area contributed by atoms with Gasteiger partial charge in [-0.05, 0) is 24.8 Å². The van der Waals surface area contributed by atoms with Crippen molar-refractivity contribution in [1.82, 2.24) is 16.0 Å². The maximum absolute atomic E-state index is 12.7. The molecule has 128 valence electrons. The van der Waals surface area contributed by atoms with Crippen molar-refractivity contribution < 1.29 is 14.4 Å². The quantitative estimate of drug-likeness (QED) is 0.764. The van der Waals surface area contributed by atoms with E-state index in [0.29, 0.717) is 32.2 Å². The minimum absolute atomic E-state index is 0.00573. The number of carbonyl (C=O) groups is 3. The molecule has 0 spiro atoms. The van der Waals surface area contributed by atoms with E-state index in [2.05, 4.69) is 16.0 Å². The maximum Gasteiger partial charge on any atom is 0.225 e. The Bertz CT molecular complexity index is 628. The monoisotopic (exact) mass is 329 g/mol. The van der Waals surface area contributed by atoms with Gasteiger partial charge < -0.3 is 16.0 Å². The molecular formula is C18H23N3O3. The van der Waals surface area contributed by atoms with Crippen LogP contribution in [-0.4, -0.2) is 30.3 Å². The van der Waals surface area contributed by atoms with Gasteiger partial charge in [0.2, 0.25) is 17.7 Å². The molecule has 1 aliphatic carbocycles. The van der Waals surface area contributed by atoms with E-state index in [0.717, 1.165) is 5.56 Å². The largest absolute Gasteiger partial charge is 0.355 e. The third kappa shape index (κ3) is 3.42. The number of nitrogens with one attached hydrogen (secondary N) is 3. The molecule has 1 aromatic carbocycles. The van der Waals surface area contributed by atoms with E-state index < -0.39 is 5.54 Å². The maximum atomic E-state index is 12.7. The van der Waals surface area contributed by atoms with Crippen LogP contribution in [-0.2, 0) is 19.9 Å². The van der Waals surface area contributed by atoms with Crippen LogP contribution < -0.4 is 16.0 Å². The van der Waals surface area contributed by atoms with Crippen molar-refractivity contribution in [1.29, 1.82) is 0 Å². The smallest absolute Gasteiger partial charge is 0.225 e. The van der Waals surface area contributed by atoms with E-state index in [4.69, 9.17) is 0 Å². The highest BCUT2D eigenvalue weighted by molar-refractivity contribution is 5.84. The Labute approximate surface area is 141 Å². The molecule has 0 bridgehead atoms. The van der Waals surface area contributed by atoms with Crippen LogP contribution in [0.2, 0.25) is 0 Å². The fourth-order valence-electron chi connectivity index (χ4n) is 3.63. The van der Waals surface area contributed by atoms with Crippen molar-refractivity contribution in [3.63, 3.8) is 0 Å². The molecule has 2 aliphatic rings.